The second-order valence-corrected chi connectivity index (χ2v) is 5.82. The lowest BCUT2D eigenvalue weighted by atomic mass is 10.3. The Morgan fingerprint density at radius 2 is 1.90 bits per heavy atom. The van der Waals surface area contributed by atoms with E-state index in [1.54, 1.807) is 21.1 Å². The highest BCUT2D eigenvalue weighted by molar-refractivity contribution is 7.98. The molecule has 0 amide bonds. The van der Waals surface area contributed by atoms with Crippen molar-refractivity contribution < 1.29 is 0 Å². The van der Waals surface area contributed by atoms with Crippen LogP contribution in [0.15, 0.2) is 35.5 Å². The van der Waals surface area contributed by atoms with E-state index in [9.17, 15) is 0 Å². The number of halogens is 1. The summed E-state index contributed by atoms with van der Waals surface area (Å²) in [6.45, 7) is 1.92. The van der Waals surface area contributed by atoms with Gasteiger partial charge in [0.05, 0.1) is 16.4 Å². The van der Waals surface area contributed by atoms with Crippen molar-refractivity contribution in [3.63, 3.8) is 0 Å². The number of aromatic nitrogens is 5. The first kappa shape index (κ1) is 14.2. The molecule has 7 heteroatoms. The van der Waals surface area contributed by atoms with Crippen LogP contribution in [0.2, 0.25) is 5.02 Å². The Kier molecular flexibility index (Phi) is 3.73. The molecule has 0 bridgehead atoms. The van der Waals surface area contributed by atoms with E-state index in [0.29, 0.717) is 16.5 Å². The van der Waals surface area contributed by atoms with Crippen LogP contribution in [0.3, 0.4) is 0 Å². The van der Waals surface area contributed by atoms with Gasteiger partial charge in [0.25, 0.3) is 0 Å². The minimum atomic E-state index is 0.604. The van der Waals surface area contributed by atoms with Crippen molar-refractivity contribution >= 4 is 23.4 Å². The molecule has 2 heterocycles. The minimum absolute atomic E-state index is 0.604. The van der Waals surface area contributed by atoms with Crippen LogP contribution in [0.4, 0.5) is 0 Å². The molecule has 0 unspecified atom stereocenters. The summed E-state index contributed by atoms with van der Waals surface area (Å²) in [7, 11) is 1.86. The summed E-state index contributed by atoms with van der Waals surface area (Å²) < 4.78 is 3.49. The Labute approximate surface area is 132 Å². The molecule has 0 fully saturated rings. The molecule has 0 N–H and O–H groups in total. The van der Waals surface area contributed by atoms with Crippen molar-refractivity contribution in [3.8, 4) is 17.2 Å². The Morgan fingerprint density at radius 1 is 1.19 bits per heavy atom. The van der Waals surface area contributed by atoms with Crippen molar-refractivity contribution in [3.05, 3.63) is 41.3 Å². The third-order valence-electron chi connectivity index (χ3n) is 3.34. The highest BCUT2D eigenvalue weighted by Gasteiger charge is 2.18. The number of thioether (sulfide) groups is 1. The number of hydrogen-bond acceptors (Lipinski definition) is 4. The molecular formula is C14H14ClN5S. The third kappa shape index (κ3) is 2.45. The molecule has 108 valence electrons. The van der Waals surface area contributed by atoms with Gasteiger partial charge in [-0.1, -0.05) is 11.6 Å². The van der Waals surface area contributed by atoms with Crippen molar-refractivity contribution in [2.75, 3.05) is 6.26 Å². The van der Waals surface area contributed by atoms with Crippen LogP contribution in [0.5, 0.6) is 0 Å². The van der Waals surface area contributed by atoms with Crippen molar-refractivity contribution in [1.29, 1.82) is 0 Å². The zero-order chi connectivity index (χ0) is 15.0. The molecule has 0 atom stereocenters. The topological polar surface area (TPSA) is 48.5 Å². The molecule has 0 aliphatic heterocycles. The minimum Gasteiger partial charge on any atom is -0.271 e. The van der Waals surface area contributed by atoms with Gasteiger partial charge in [0.1, 0.15) is 12.0 Å². The van der Waals surface area contributed by atoms with Crippen LogP contribution in [0, 0.1) is 6.92 Å². The number of rotatable bonds is 3. The fourth-order valence-corrected chi connectivity index (χ4v) is 2.69. The van der Waals surface area contributed by atoms with Crippen LogP contribution in [0.25, 0.3) is 17.2 Å². The van der Waals surface area contributed by atoms with Gasteiger partial charge >= 0.3 is 0 Å². The summed E-state index contributed by atoms with van der Waals surface area (Å²) in [5.41, 5.74) is 2.47. The maximum Gasteiger partial charge on any atom is 0.185 e. The fraction of sp³-hybridized carbons (Fsp3) is 0.214. The highest BCUT2D eigenvalue weighted by atomic mass is 35.5. The van der Waals surface area contributed by atoms with E-state index < -0.39 is 0 Å². The monoisotopic (exact) mass is 319 g/mol. The van der Waals surface area contributed by atoms with E-state index in [-0.39, 0.29) is 0 Å². The van der Waals surface area contributed by atoms with E-state index in [2.05, 4.69) is 27.3 Å². The Hall–Kier alpha value is -1.79. The summed E-state index contributed by atoms with van der Waals surface area (Å²) in [4.78, 5) is 5.51. The average Bonchev–Trinajstić information content (AvgIpc) is 3.08. The Bertz CT molecular complexity index is 775. The van der Waals surface area contributed by atoms with Gasteiger partial charge < -0.3 is 0 Å². The molecule has 2 aromatic heterocycles. The normalized spacial score (nSPS) is 11.0. The SMILES string of the molecule is CSc1ccc(-n2ncnc2-c2nn(C)c(C)c2Cl)cc1. The Morgan fingerprint density at radius 3 is 2.48 bits per heavy atom. The van der Waals surface area contributed by atoms with E-state index in [4.69, 9.17) is 11.6 Å². The summed E-state index contributed by atoms with van der Waals surface area (Å²) >= 11 is 8.05. The largest absolute Gasteiger partial charge is 0.271 e. The molecule has 21 heavy (non-hydrogen) atoms. The maximum atomic E-state index is 6.34. The zero-order valence-corrected chi connectivity index (χ0v) is 13.5. The van der Waals surface area contributed by atoms with Gasteiger partial charge in [0.15, 0.2) is 5.82 Å². The number of aryl methyl sites for hydroxylation is 1. The van der Waals surface area contributed by atoms with Gasteiger partial charge in [-0.25, -0.2) is 9.67 Å². The lowest BCUT2D eigenvalue weighted by Gasteiger charge is -2.05. The molecule has 0 radical (unpaired) electrons. The molecule has 1 aromatic carbocycles. The summed E-state index contributed by atoms with van der Waals surface area (Å²) in [6.07, 6.45) is 3.56. The zero-order valence-electron chi connectivity index (χ0n) is 11.9. The molecule has 3 rings (SSSR count). The fourth-order valence-electron chi connectivity index (χ4n) is 2.04. The lowest BCUT2D eigenvalue weighted by Crippen LogP contribution is -2.00. The van der Waals surface area contributed by atoms with Crippen molar-refractivity contribution in [2.24, 2.45) is 7.05 Å². The van der Waals surface area contributed by atoms with Gasteiger partial charge in [-0.3, -0.25) is 4.68 Å². The van der Waals surface area contributed by atoms with Gasteiger partial charge in [-0.05, 0) is 37.4 Å². The van der Waals surface area contributed by atoms with Gasteiger partial charge in [-0.15, -0.1) is 11.8 Å². The number of nitrogens with zero attached hydrogens (tertiary/aromatic N) is 5. The summed E-state index contributed by atoms with van der Waals surface area (Å²) in [6, 6.07) is 8.12. The number of benzene rings is 1. The first-order valence-corrected chi connectivity index (χ1v) is 7.96. The second-order valence-electron chi connectivity index (χ2n) is 4.57. The second kappa shape index (κ2) is 5.54. The van der Waals surface area contributed by atoms with E-state index in [1.165, 1.54) is 11.2 Å². The first-order chi connectivity index (χ1) is 10.1. The highest BCUT2D eigenvalue weighted by Crippen LogP contribution is 2.29. The van der Waals surface area contributed by atoms with Crippen LogP contribution in [0.1, 0.15) is 5.69 Å². The quantitative estimate of drug-likeness (QED) is 0.695. The predicted molar refractivity (Wildman–Crippen MR) is 85.1 cm³/mol. The van der Waals surface area contributed by atoms with Crippen LogP contribution < -0.4 is 0 Å². The van der Waals surface area contributed by atoms with Gasteiger partial charge in [0.2, 0.25) is 0 Å². The van der Waals surface area contributed by atoms with Crippen LogP contribution in [-0.4, -0.2) is 30.8 Å². The number of hydrogen-bond donors (Lipinski definition) is 0. The molecule has 0 spiro atoms. The Balaban J connectivity index is 2.10. The summed E-state index contributed by atoms with van der Waals surface area (Å²) in [5.74, 6) is 0.639. The van der Waals surface area contributed by atoms with Gasteiger partial charge in [-0.2, -0.15) is 10.2 Å². The van der Waals surface area contributed by atoms with Crippen LogP contribution in [-0.2, 0) is 7.05 Å². The first-order valence-electron chi connectivity index (χ1n) is 6.35. The van der Waals surface area contributed by atoms with E-state index in [1.807, 2.05) is 32.4 Å². The van der Waals surface area contributed by atoms with Crippen LogP contribution >= 0.6 is 23.4 Å². The van der Waals surface area contributed by atoms with E-state index in [0.717, 1.165) is 11.4 Å². The molecule has 5 nitrogen and oxygen atoms in total. The summed E-state index contributed by atoms with van der Waals surface area (Å²) in [5, 5.41) is 9.32. The van der Waals surface area contributed by atoms with Crippen molar-refractivity contribution in [2.45, 2.75) is 11.8 Å². The molecule has 0 aliphatic rings. The molecule has 0 aliphatic carbocycles. The standard InChI is InChI=1S/C14H14ClN5S/c1-9-12(15)13(18-19(9)2)14-16-8-17-20(14)10-4-6-11(21-3)7-5-10/h4-8H,1-3H3. The lowest BCUT2D eigenvalue weighted by molar-refractivity contribution is 0.739. The predicted octanol–water partition coefficient (Wildman–Crippen LogP) is 3.35. The van der Waals surface area contributed by atoms with E-state index >= 15 is 0 Å². The molecular weight excluding hydrogens is 306 g/mol. The maximum absolute atomic E-state index is 6.34. The molecule has 3 aromatic rings. The molecule has 0 saturated heterocycles. The van der Waals surface area contributed by atoms with Gasteiger partial charge in [0, 0.05) is 11.9 Å². The smallest absolute Gasteiger partial charge is 0.185 e. The van der Waals surface area contributed by atoms with Crippen molar-refractivity contribution in [1.82, 2.24) is 24.5 Å². The third-order valence-corrected chi connectivity index (χ3v) is 4.53. The average molecular weight is 320 g/mol. The molecule has 0 saturated carbocycles.